The van der Waals surface area contributed by atoms with Crippen LogP contribution in [0.4, 0.5) is 5.13 Å². The molecule has 2 N–H and O–H groups in total. The largest absolute Gasteiger partial charge is 0.375 e. The van der Waals surface area contributed by atoms with Gasteiger partial charge in [0.15, 0.2) is 5.13 Å². The Balaban J connectivity index is 2.11. The molecule has 1 heterocycles. The zero-order valence-electron chi connectivity index (χ0n) is 11.7. The first-order valence-corrected chi connectivity index (χ1v) is 8.69. The number of thiazole rings is 1. The highest BCUT2D eigenvalue weighted by atomic mass is 32.2. The van der Waals surface area contributed by atoms with Crippen molar-refractivity contribution in [1.82, 2.24) is 9.88 Å². The van der Waals surface area contributed by atoms with Crippen molar-refractivity contribution >= 4 is 38.4 Å². The molecule has 2 aromatic rings. The number of hydrogen-bond donors (Lipinski definition) is 1. The van der Waals surface area contributed by atoms with Crippen molar-refractivity contribution < 1.29 is 0 Å². The third kappa shape index (κ3) is 3.61. The van der Waals surface area contributed by atoms with E-state index in [9.17, 15) is 0 Å². The molecule has 19 heavy (non-hydrogen) atoms. The predicted octanol–water partition coefficient (Wildman–Crippen LogP) is 3.45. The standard InChI is InChI=1S/C14H21N3S2/c1-4-11(9-18-3)17(2)8-10-5-6-12-13(7-10)19-14(15)16-12/h5-7,11H,4,8-9H2,1-3H3,(H2,15,16). The average Bonchev–Trinajstić information content (AvgIpc) is 2.75. The summed E-state index contributed by atoms with van der Waals surface area (Å²) in [5.41, 5.74) is 8.08. The second kappa shape index (κ2) is 6.59. The number of nitrogens with zero attached hydrogens (tertiary/aromatic N) is 2. The Labute approximate surface area is 123 Å². The van der Waals surface area contributed by atoms with Gasteiger partial charge in [-0.1, -0.05) is 24.3 Å². The van der Waals surface area contributed by atoms with E-state index >= 15 is 0 Å². The molecule has 0 radical (unpaired) electrons. The number of fused-ring (bicyclic) bond motifs is 1. The highest BCUT2D eigenvalue weighted by Crippen LogP contribution is 2.25. The van der Waals surface area contributed by atoms with Crippen LogP contribution >= 0.6 is 23.1 Å². The maximum atomic E-state index is 5.75. The van der Waals surface area contributed by atoms with Crippen LogP contribution in [0, 0.1) is 0 Å². The third-order valence-electron chi connectivity index (χ3n) is 3.36. The molecule has 0 saturated carbocycles. The smallest absolute Gasteiger partial charge is 0.181 e. The molecular weight excluding hydrogens is 274 g/mol. The van der Waals surface area contributed by atoms with Crippen molar-refractivity contribution in [2.75, 3.05) is 24.8 Å². The molecule has 1 atom stereocenters. The fourth-order valence-corrected chi connectivity index (χ4v) is 3.92. The van der Waals surface area contributed by atoms with E-state index in [4.69, 9.17) is 5.73 Å². The summed E-state index contributed by atoms with van der Waals surface area (Å²) in [6, 6.07) is 7.08. The van der Waals surface area contributed by atoms with Crippen molar-refractivity contribution in [2.24, 2.45) is 0 Å². The topological polar surface area (TPSA) is 42.2 Å². The van der Waals surface area contributed by atoms with Gasteiger partial charge in [-0.25, -0.2) is 4.98 Å². The average molecular weight is 295 g/mol. The number of nitrogen functional groups attached to an aromatic ring is 1. The minimum atomic E-state index is 0.636. The molecule has 0 aliphatic heterocycles. The van der Waals surface area contributed by atoms with Crippen molar-refractivity contribution in [3.8, 4) is 0 Å². The first-order chi connectivity index (χ1) is 9.13. The summed E-state index contributed by atoms with van der Waals surface area (Å²) in [5.74, 6) is 1.18. The SMILES string of the molecule is CCC(CSC)N(C)Cc1ccc2nc(N)sc2c1. The number of anilines is 1. The molecule has 0 aliphatic rings. The summed E-state index contributed by atoms with van der Waals surface area (Å²) in [7, 11) is 2.20. The maximum absolute atomic E-state index is 5.75. The van der Waals surface area contributed by atoms with Gasteiger partial charge in [0.2, 0.25) is 0 Å². The fourth-order valence-electron chi connectivity index (χ4n) is 2.25. The molecule has 0 fully saturated rings. The van der Waals surface area contributed by atoms with Crippen LogP contribution in [0.15, 0.2) is 18.2 Å². The number of benzene rings is 1. The zero-order chi connectivity index (χ0) is 13.8. The van der Waals surface area contributed by atoms with E-state index < -0.39 is 0 Å². The molecule has 3 nitrogen and oxygen atoms in total. The predicted molar refractivity (Wildman–Crippen MR) is 88.0 cm³/mol. The van der Waals surface area contributed by atoms with Crippen LogP contribution in [0.1, 0.15) is 18.9 Å². The van der Waals surface area contributed by atoms with E-state index in [0.717, 1.165) is 12.1 Å². The number of thioether (sulfide) groups is 1. The van der Waals surface area contributed by atoms with Crippen LogP contribution in [-0.4, -0.2) is 35.0 Å². The van der Waals surface area contributed by atoms with Crippen LogP contribution in [0.2, 0.25) is 0 Å². The lowest BCUT2D eigenvalue weighted by Gasteiger charge is -2.26. The van der Waals surface area contributed by atoms with Crippen molar-refractivity contribution in [3.63, 3.8) is 0 Å². The quantitative estimate of drug-likeness (QED) is 0.886. The van der Waals surface area contributed by atoms with Crippen molar-refractivity contribution in [2.45, 2.75) is 25.9 Å². The molecule has 1 aromatic heterocycles. The van der Waals surface area contributed by atoms with E-state index in [0.29, 0.717) is 11.2 Å². The van der Waals surface area contributed by atoms with Gasteiger partial charge in [0, 0.05) is 18.3 Å². The zero-order valence-corrected chi connectivity index (χ0v) is 13.4. The summed E-state index contributed by atoms with van der Waals surface area (Å²) in [5, 5.41) is 0.648. The van der Waals surface area contributed by atoms with Gasteiger partial charge in [0.1, 0.15) is 0 Å². The van der Waals surface area contributed by atoms with Crippen LogP contribution in [0.5, 0.6) is 0 Å². The highest BCUT2D eigenvalue weighted by molar-refractivity contribution is 7.98. The van der Waals surface area contributed by atoms with E-state index in [-0.39, 0.29) is 0 Å². The summed E-state index contributed by atoms with van der Waals surface area (Å²) in [6.45, 7) is 3.23. The third-order valence-corrected chi connectivity index (χ3v) is 4.92. The summed E-state index contributed by atoms with van der Waals surface area (Å²) in [4.78, 5) is 6.73. The molecule has 0 bridgehead atoms. The van der Waals surface area contributed by atoms with E-state index in [1.165, 1.54) is 22.4 Å². The van der Waals surface area contributed by atoms with Gasteiger partial charge in [0.25, 0.3) is 0 Å². The normalized spacial score (nSPS) is 13.3. The Hall–Kier alpha value is -0.780. The molecule has 104 valence electrons. The van der Waals surface area contributed by atoms with Crippen molar-refractivity contribution in [1.29, 1.82) is 0 Å². The number of aromatic nitrogens is 1. The second-order valence-corrected chi connectivity index (χ2v) is 6.76. The molecule has 0 amide bonds. The van der Waals surface area contributed by atoms with Gasteiger partial charge in [0.05, 0.1) is 10.2 Å². The maximum Gasteiger partial charge on any atom is 0.181 e. The van der Waals surface area contributed by atoms with Gasteiger partial charge in [-0.15, -0.1) is 0 Å². The van der Waals surface area contributed by atoms with Gasteiger partial charge >= 0.3 is 0 Å². The molecule has 2 rings (SSSR count). The molecule has 0 aliphatic carbocycles. The second-order valence-electron chi connectivity index (χ2n) is 4.79. The lowest BCUT2D eigenvalue weighted by molar-refractivity contribution is 0.248. The Morgan fingerprint density at radius 3 is 2.95 bits per heavy atom. The highest BCUT2D eigenvalue weighted by Gasteiger charge is 2.12. The van der Waals surface area contributed by atoms with E-state index in [1.807, 2.05) is 11.8 Å². The Kier molecular flexibility index (Phi) is 5.07. The molecular formula is C14H21N3S2. The van der Waals surface area contributed by atoms with Gasteiger partial charge < -0.3 is 5.73 Å². The summed E-state index contributed by atoms with van der Waals surface area (Å²) in [6.07, 6.45) is 3.36. The number of nitrogens with two attached hydrogens (primary N) is 1. The van der Waals surface area contributed by atoms with Crippen LogP contribution in [0.3, 0.4) is 0 Å². The van der Waals surface area contributed by atoms with Crippen LogP contribution < -0.4 is 5.73 Å². The Morgan fingerprint density at radius 2 is 2.26 bits per heavy atom. The summed E-state index contributed by atoms with van der Waals surface area (Å²) < 4.78 is 1.18. The van der Waals surface area contributed by atoms with Gasteiger partial charge in [-0.2, -0.15) is 11.8 Å². The molecule has 5 heteroatoms. The molecule has 0 saturated heterocycles. The van der Waals surface area contributed by atoms with E-state index in [2.05, 4.69) is 48.3 Å². The lowest BCUT2D eigenvalue weighted by Crippen LogP contribution is -2.32. The molecule has 1 aromatic carbocycles. The number of hydrogen-bond acceptors (Lipinski definition) is 5. The monoisotopic (exact) mass is 295 g/mol. The Bertz CT molecular complexity index is 538. The minimum Gasteiger partial charge on any atom is -0.375 e. The van der Waals surface area contributed by atoms with Crippen LogP contribution in [0.25, 0.3) is 10.2 Å². The van der Waals surface area contributed by atoms with Crippen LogP contribution in [-0.2, 0) is 6.54 Å². The Morgan fingerprint density at radius 1 is 1.47 bits per heavy atom. The van der Waals surface area contributed by atoms with Gasteiger partial charge in [-0.3, -0.25) is 4.90 Å². The summed E-state index contributed by atoms with van der Waals surface area (Å²) >= 11 is 3.47. The number of rotatable bonds is 6. The first-order valence-electron chi connectivity index (χ1n) is 6.48. The minimum absolute atomic E-state index is 0.636. The first kappa shape index (κ1) is 14.6. The van der Waals surface area contributed by atoms with Crippen molar-refractivity contribution in [3.05, 3.63) is 23.8 Å². The lowest BCUT2D eigenvalue weighted by atomic mass is 10.1. The van der Waals surface area contributed by atoms with Gasteiger partial charge in [-0.05, 0) is 37.4 Å². The van der Waals surface area contributed by atoms with E-state index in [1.54, 1.807) is 11.3 Å². The molecule has 1 unspecified atom stereocenters. The molecule has 0 spiro atoms. The fraction of sp³-hybridized carbons (Fsp3) is 0.500.